The van der Waals surface area contributed by atoms with E-state index in [2.05, 4.69) is 46.3 Å². The number of aromatic nitrogens is 4. The molecule has 1 aromatic carbocycles. The Morgan fingerprint density at radius 1 is 1.16 bits per heavy atom. The number of rotatable bonds is 6. The number of nitrogens with one attached hydrogen (secondary N) is 1. The first-order valence-electron chi connectivity index (χ1n) is 12.4. The Morgan fingerprint density at radius 3 is 2.46 bits per heavy atom. The van der Waals surface area contributed by atoms with Gasteiger partial charge in [-0.25, -0.2) is 18.7 Å². The maximum Gasteiger partial charge on any atom is 0.289 e. The molecule has 2 aromatic heterocycles. The lowest BCUT2D eigenvalue weighted by Gasteiger charge is -2.50. The summed E-state index contributed by atoms with van der Waals surface area (Å²) in [6.07, 6.45) is 3.11. The molecule has 1 aliphatic carbocycles. The molecule has 7 nitrogen and oxygen atoms in total. The summed E-state index contributed by atoms with van der Waals surface area (Å²) in [6.45, 7) is 11.6. The van der Waals surface area contributed by atoms with Crippen LogP contribution < -0.4 is 5.32 Å². The Labute approximate surface area is 215 Å². The van der Waals surface area contributed by atoms with Crippen LogP contribution in [0.25, 0.3) is 11.3 Å². The summed E-state index contributed by atoms with van der Waals surface area (Å²) in [6, 6.07) is 7.23. The normalized spacial score (nSPS) is 20.8. The van der Waals surface area contributed by atoms with Gasteiger partial charge in [-0.15, -0.1) is 5.10 Å². The molecule has 196 valence electrons. The van der Waals surface area contributed by atoms with E-state index >= 15 is 0 Å². The van der Waals surface area contributed by atoms with Crippen molar-refractivity contribution in [2.24, 2.45) is 5.41 Å². The number of fused-ring (bicyclic) bond motifs is 1. The molecule has 0 fully saturated rings. The molecule has 37 heavy (non-hydrogen) atoms. The molecule has 0 unspecified atom stereocenters. The van der Waals surface area contributed by atoms with Crippen LogP contribution in [0.5, 0.6) is 0 Å². The van der Waals surface area contributed by atoms with Crippen molar-refractivity contribution < 1.29 is 18.7 Å². The van der Waals surface area contributed by atoms with E-state index in [0.717, 1.165) is 18.4 Å². The van der Waals surface area contributed by atoms with Crippen LogP contribution in [0.4, 0.5) is 8.78 Å². The number of amides is 1. The summed E-state index contributed by atoms with van der Waals surface area (Å²) in [5, 5.41) is 21.5. The van der Waals surface area contributed by atoms with E-state index in [9.17, 15) is 18.7 Å². The van der Waals surface area contributed by atoms with Gasteiger partial charge in [-0.2, -0.15) is 5.10 Å². The molecule has 9 heteroatoms. The molecular formula is C28H33F2N5O2. The highest BCUT2D eigenvalue weighted by Gasteiger charge is 2.52. The molecule has 0 bridgehead atoms. The van der Waals surface area contributed by atoms with Gasteiger partial charge in [0.25, 0.3) is 5.91 Å². The average molecular weight is 510 g/mol. The fourth-order valence-electron chi connectivity index (χ4n) is 5.18. The number of nitrogens with zero attached hydrogens (tertiary/aromatic N) is 4. The number of hydrogen-bond donors (Lipinski definition) is 2. The third-order valence-electron chi connectivity index (χ3n) is 7.61. The van der Waals surface area contributed by atoms with Crippen molar-refractivity contribution in [1.29, 1.82) is 0 Å². The Hall–Kier alpha value is -3.33. The first kappa shape index (κ1) is 26.7. The van der Waals surface area contributed by atoms with E-state index in [1.165, 1.54) is 24.4 Å². The summed E-state index contributed by atoms with van der Waals surface area (Å²) in [5.74, 6) is -1.81. The van der Waals surface area contributed by atoms with Crippen molar-refractivity contribution >= 4 is 5.91 Å². The van der Waals surface area contributed by atoms with Crippen molar-refractivity contribution in [1.82, 2.24) is 25.5 Å². The minimum atomic E-state index is -1.08. The maximum absolute atomic E-state index is 14.6. The zero-order valence-corrected chi connectivity index (χ0v) is 22.1. The number of carbonyl (C=O) groups is 1. The second-order valence-electron chi connectivity index (χ2n) is 11.2. The van der Waals surface area contributed by atoms with Crippen LogP contribution in [-0.2, 0) is 5.41 Å². The molecule has 2 N–H and O–H groups in total. The summed E-state index contributed by atoms with van der Waals surface area (Å²) in [7, 11) is 0. The van der Waals surface area contributed by atoms with Crippen LogP contribution in [-0.4, -0.2) is 43.3 Å². The predicted octanol–water partition coefficient (Wildman–Crippen LogP) is 4.94. The monoisotopic (exact) mass is 509 g/mol. The highest BCUT2D eigenvalue weighted by atomic mass is 19.1. The molecule has 4 rings (SSSR count). The summed E-state index contributed by atoms with van der Waals surface area (Å²) >= 11 is 0. The van der Waals surface area contributed by atoms with E-state index in [1.54, 1.807) is 26.0 Å². The predicted molar refractivity (Wildman–Crippen MR) is 136 cm³/mol. The second-order valence-corrected chi connectivity index (χ2v) is 11.2. The molecule has 1 amide bonds. The van der Waals surface area contributed by atoms with Crippen molar-refractivity contribution in [3.05, 3.63) is 70.9 Å². The minimum absolute atomic E-state index is 0.0176. The zero-order valence-electron chi connectivity index (χ0n) is 22.1. The van der Waals surface area contributed by atoms with Crippen molar-refractivity contribution in [2.45, 2.75) is 71.3 Å². The van der Waals surface area contributed by atoms with Gasteiger partial charge in [0, 0.05) is 12.7 Å². The average Bonchev–Trinajstić information content (AvgIpc) is 2.84. The van der Waals surface area contributed by atoms with Gasteiger partial charge in [0.2, 0.25) is 5.82 Å². The number of aliphatic hydroxyl groups is 1. The molecule has 2 atom stereocenters. The van der Waals surface area contributed by atoms with Gasteiger partial charge in [-0.3, -0.25) is 4.79 Å². The van der Waals surface area contributed by atoms with Crippen LogP contribution in [0.15, 0.2) is 36.5 Å². The van der Waals surface area contributed by atoms with E-state index in [0.29, 0.717) is 11.4 Å². The fourth-order valence-corrected chi connectivity index (χ4v) is 5.18. The van der Waals surface area contributed by atoms with Crippen molar-refractivity contribution in [3.63, 3.8) is 0 Å². The lowest BCUT2D eigenvalue weighted by molar-refractivity contribution is 0.0688. The molecule has 0 radical (unpaired) electrons. The minimum Gasteiger partial charge on any atom is -0.389 e. The smallest absolute Gasteiger partial charge is 0.289 e. The zero-order chi connectivity index (χ0) is 27.2. The standard InChI is InChI=1S/C28H33F2N5O2/c1-7-16-14-26(2,3)28(6,21-11-12-31-24(33-21)25(36)32-15-27(4,5)37)23-17(16)13-20(34-35-23)22-18(29)9-8-10-19(22)30/h8-13,16,37H,7,14-15H2,1-6H3,(H,32,36)/t16-,28+/m1/s1. The fraction of sp³-hybridized carbons (Fsp3) is 0.464. The number of halogens is 2. The van der Waals surface area contributed by atoms with Crippen LogP contribution >= 0.6 is 0 Å². The van der Waals surface area contributed by atoms with E-state index < -0.39 is 28.6 Å². The first-order valence-corrected chi connectivity index (χ1v) is 12.4. The van der Waals surface area contributed by atoms with Gasteiger partial charge < -0.3 is 10.4 Å². The van der Waals surface area contributed by atoms with Crippen LogP contribution in [0.2, 0.25) is 0 Å². The molecule has 3 aromatic rings. The van der Waals surface area contributed by atoms with Gasteiger partial charge in [0.15, 0.2) is 0 Å². The Bertz CT molecular complexity index is 1320. The van der Waals surface area contributed by atoms with Crippen LogP contribution in [0, 0.1) is 17.0 Å². The lowest BCUT2D eigenvalue weighted by atomic mass is 9.54. The first-order chi connectivity index (χ1) is 17.3. The molecule has 0 aliphatic heterocycles. The quantitative estimate of drug-likeness (QED) is 0.488. The van der Waals surface area contributed by atoms with Crippen molar-refractivity contribution in [2.75, 3.05) is 6.54 Å². The van der Waals surface area contributed by atoms with Crippen LogP contribution in [0.1, 0.15) is 87.9 Å². The van der Waals surface area contributed by atoms with Gasteiger partial charge in [0.1, 0.15) is 11.6 Å². The van der Waals surface area contributed by atoms with Gasteiger partial charge in [0.05, 0.1) is 33.7 Å². The lowest BCUT2D eigenvalue weighted by Crippen LogP contribution is -2.47. The molecule has 1 aliphatic rings. The van der Waals surface area contributed by atoms with Crippen molar-refractivity contribution in [3.8, 4) is 11.3 Å². The SMILES string of the molecule is CC[C@@H]1CC(C)(C)[C@@](C)(c2ccnc(C(=O)NCC(C)(C)O)n2)c2nnc(-c3c(F)cccc3F)cc21. The number of carbonyl (C=O) groups excluding carboxylic acids is 1. The molecule has 0 saturated carbocycles. The topological polar surface area (TPSA) is 101 Å². The van der Waals surface area contributed by atoms with E-state index in [1.807, 2.05) is 6.92 Å². The van der Waals surface area contributed by atoms with E-state index in [-0.39, 0.29) is 35.0 Å². The third kappa shape index (κ3) is 4.84. The molecular weight excluding hydrogens is 476 g/mol. The highest BCUT2D eigenvalue weighted by molar-refractivity contribution is 5.90. The van der Waals surface area contributed by atoms with Gasteiger partial charge in [-0.05, 0) is 74.8 Å². The Balaban J connectivity index is 1.84. The van der Waals surface area contributed by atoms with Gasteiger partial charge in [-0.1, -0.05) is 26.8 Å². The maximum atomic E-state index is 14.6. The summed E-state index contributed by atoms with van der Waals surface area (Å²) < 4.78 is 29.1. The summed E-state index contributed by atoms with van der Waals surface area (Å²) in [5.41, 5.74) is -0.145. The second kappa shape index (κ2) is 9.52. The summed E-state index contributed by atoms with van der Waals surface area (Å²) in [4.78, 5) is 21.5. The Morgan fingerprint density at radius 2 is 1.84 bits per heavy atom. The molecule has 0 saturated heterocycles. The van der Waals surface area contributed by atoms with Crippen LogP contribution in [0.3, 0.4) is 0 Å². The van der Waals surface area contributed by atoms with E-state index in [4.69, 9.17) is 0 Å². The number of hydrogen-bond acceptors (Lipinski definition) is 6. The highest BCUT2D eigenvalue weighted by Crippen LogP contribution is 2.56. The number of benzene rings is 1. The largest absolute Gasteiger partial charge is 0.389 e. The molecule has 2 heterocycles. The Kier molecular flexibility index (Phi) is 6.88. The molecule has 0 spiro atoms. The van der Waals surface area contributed by atoms with Gasteiger partial charge >= 0.3 is 0 Å². The third-order valence-corrected chi connectivity index (χ3v) is 7.61.